The molecule has 1 aliphatic heterocycles. The summed E-state index contributed by atoms with van der Waals surface area (Å²) in [6.07, 6.45) is 4.77. The molecule has 0 bridgehead atoms. The molecule has 0 spiro atoms. The van der Waals surface area contributed by atoms with Crippen molar-refractivity contribution in [3.63, 3.8) is 0 Å². The van der Waals surface area contributed by atoms with Gasteiger partial charge < -0.3 is 24.6 Å². The second-order valence-corrected chi connectivity index (χ2v) is 7.67. The highest BCUT2D eigenvalue weighted by Crippen LogP contribution is 2.43. The molecule has 0 amide bonds. The van der Waals surface area contributed by atoms with Crippen LogP contribution in [0.2, 0.25) is 0 Å². The number of phenols is 1. The van der Waals surface area contributed by atoms with Gasteiger partial charge in [-0.15, -0.1) is 0 Å². The smallest absolute Gasteiger partial charge is 0.231 e. The summed E-state index contributed by atoms with van der Waals surface area (Å²) in [7, 11) is 1.58. The molecule has 0 saturated heterocycles. The molecule has 2 heterocycles. The van der Waals surface area contributed by atoms with Gasteiger partial charge in [-0.1, -0.05) is 25.0 Å². The third-order valence-corrected chi connectivity index (χ3v) is 5.72. The number of benzene rings is 2. The van der Waals surface area contributed by atoms with E-state index in [0.29, 0.717) is 23.0 Å². The average molecular weight is 404 g/mol. The summed E-state index contributed by atoms with van der Waals surface area (Å²) >= 11 is 0. The number of anilines is 1. The first kappa shape index (κ1) is 18.6. The maximum Gasteiger partial charge on any atom is 0.231 e. The Balaban J connectivity index is 1.62. The van der Waals surface area contributed by atoms with Crippen LogP contribution in [0.5, 0.6) is 23.0 Å². The van der Waals surface area contributed by atoms with E-state index in [2.05, 4.69) is 5.32 Å². The third-order valence-electron chi connectivity index (χ3n) is 5.72. The number of pyridine rings is 1. The Labute approximate surface area is 175 Å². The van der Waals surface area contributed by atoms with E-state index in [4.69, 9.17) is 19.2 Å². The molecule has 1 fully saturated rings. The lowest BCUT2D eigenvalue weighted by Gasteiger charge is -2.16. The molecule has 1 aromatic heterocycles. The monoisotopic (exact) mass is 404 g/mol. The molecular formula is C24H24N2O4. The Morgan fingerprint density at radius 2 is 1.90 bits per heavy atom. The molecule has 6 heteroatoms. The summed E-state index contributed by atoms with van der Waals surface area (Å²) < 4.78 is 16.5. The number of nitrogens with one attached hydrogen (secondary N) is 1. The molecule has 2 aromatic carbocycles. The van der Waals surface area contributed by atoms with E-state index in [1.54, 1.807) is 13.2 Å². The maximum absolute atomic E-state index is 10.6. The van der Waals surface area contributed by atoms with Crippen LogP contribution in [0.4, 0.5) is 5.82 Å². The molecule has 6 nitrogen and oxygen atoms in total. The van der Waals surface area contributed by atoms with Crippen LogP contribution in [-0.4, -0.2) is 30.0 Å². The van der Waals surface area contributed by atoms with Gasteiger partial charge in [0.15, 0.2) is 11.5 Å². The van der Waals surface area contributed by atoms with Crippen LogP contribution in [0, 0.1) is 0 Å². The van der Waals surface area contributed by atoms with Gasteiger partial charge in [0.2, 0.25) is 6.79 Å². The van der Waals surface area contributed by atoms with Crippen molar-refractivity contribution < 1.29 is 19.3 Å². The number of fused-ring (bicyclic) bond motifs is 1. The van der Waals surface area contributed by atoms with Crippen molar-refractivity contribution in [1.29, 1.82) is 0 Å². The lowest BCUT2D eigenvalue weighted by molar-refractivity contribution is 0.174. The Bertz CT molecular complexity index is 1080. The molecule has 3 aromatic rings. The minimum Gasteiger partial charge on any atom is -0.507 e. The average Bonchev–Trinajstić information content (AvgIpc) is 3.45. The van der Waals surface area contributed by atoms with Crippen LogP contribution in [0.15, 0.2) is 48.5 Å². The van der Waals surface area contributed by atoms with Gasteiger partial charge in [-0.2, -0.15) is 0 Å². The Morgan fingerprint density at radius 1 is 1.03 bits per heavy atom. The van der Waals surface area contributed by atoms with Crippen molar-refractivity contribution in [2.24, 2.45) is 0 Å². The van der Waals surface area contributed by atoms with Gasteiger partial charge in [-0.05, 0) is 48.7 Å². The Morgan fingerprint density at radius 3 is 2.70 bits per heavy atom. The van der Waals surface area contributed by atoms with Crippen molar-refractivity contribution in [3.05, 3.63) is 48.5 Å². The van der Waals surface area contributed by atoms with Gasteiger partial charge in [-0.3, -0.25) is 0 Å². The molecule has 0 radical (unpaired) electrons. The summed E-state index contributed by atoms with van der Waals surface area (Å²) in [4.78, 5) is 4.82. The highest BCUT2D eigenvalue weighted by atomic mass is 16.7. The summed E-state index contributed by atoms with van der Waals surface area (Å²) in [5, 5.41) is 14.2. The molecule has 0 atom stereocenters. The number of phenolic OH excluding ortho intramolecular Hbond substituents is 1. The van der Waals surface area contributed by atoms with Crippen LogP contribution in [0.25, 0.3) is 22.4 Å². The SMILES string of the molecule is COc1ccc(-c2cc(-c3cccc4c3OCO4)cc(NC3CCCC3)n2)c(O)c1. The van der Waals surface area contributed by atoms with Gasteiger partial charge in [0.05, 0.1) is 12.8 Å². The molecule has 2 aliphatic rings. The number of hydrogen-bond acceptors (Lipinski definition) is 6. The van der Waals surface area contributed by atoms with Crippen molar-refractivity contribution in [2.75, 3.05) is 19.2 Å². The van der Waals surface area contributed by atoms with Gasteiger partial charge >= 0.3 is 0 Å². The van der Waals surface area contributed by atoms with Crippen molar-refractivity contribution in [2.45, 2.75) is 31.7 Å². The van der Waals surface area contributed by atoms with E-state index in [1.807, 2.05) is 42.5 Å². The lowest BCUT2D eigenvalue weighted by Crippen LogP contribution is -2.15. The van der Waals surface area contributed by atoms with Crippen molar-refractivity contribution in [3.8, 4) is 45.4 Å². The van der Waals surface area contributed by atoms with E-state index in [1.165, 1.54) is 12.8 Å². The number of nitrogens with zero attached hydrogens (tertiary/aromatic N) is 1. The minimum atomic E-state index is 0.128. The number of ether oxygens (including phenoxy) is 3. The van der Waals surface area contributed by atoms with Crippen LogP contribution < -0.4 is 19.5 Å². The van der Waals surface area contributed by atoms with Crippen molar-refractivity contribution in [1.82, 2.24) is 4.98 Å². The second-order valence-electron chi connectivity index (χ2n) is 7.67. The quantitative estimate of drug-likeness (QED) is 0.608. The first-order valence-electron chi connectivity index (χ1n) is 10.3. The largest absolute Gasteiger partial charge is 0.507 e. The van der Waals surface area contributed by atoms with Crippen LogP contribution in [0.3, 0.4) is 0 Å². The van der Waals surface area contributed by atoms with E-state index >= 15 is 0 Å². The number of methoxy groups -OCH3 is 1. The van der Waals surface area contributed by atoms with Gasteiger partial charge in [0.25, 0.3) is 0 Å². The number of aromatic hydroxyl groups is 1. The molecule has 1 aliphatic carbocycles. The molecule has 1 saturated carbocycles. The van der Waals surface area contributed by atoms with Crippen LogP contribution in [-0.2, 0) is 0 Å². The molecule has 0 unspecified atom stereocenters. The standard InChI is InChI=1S/C24H24N2O4/c1-28-17-9-10-19(21(27)13-17)20-11-15(12-23(26-20)25-16-5-2-3-6-16)18-7-4-8-22-24(18)30-14-29-22/h4,7-13,16,27H,2-3,5-6,14H2,1H3,(H,25,26). The highest BCUT2D eigenvalue weighted by molar-refractivity contribution is 5.81. The first-order chi connectivity index (χ1) is 14.7. The number of hydrogen-bond donors (Lipinski definition) is 2. The van der Waals surface area contributed by atoms with E-state index < -0.39 is 0 Å². The molecule has 2 N–H and O–H groups in total. The second kappa shape index (κ2) is 7.78. The Hall–Kier alpha value is -3.41. The first-order valence-corrected chi connectivity index (χ1v) is 10.3. The fourth-order valence-corrected chi connectivity index (χ4v) is 4.19. The number of aromatic nitrogens is 1. The third kappa shape index (κ3) is 3.49. The lowest BCUT2D eigenvalue weighted by atomic mass is 10.0. The normalized spacial score (nSPS) is 15.4. The van der Waals surface area contributed by atoms with Crippen LogP contribution in [0.1, 0.15) is 25.7 Å². The van der Waals surface area contributed by atoms with Gasteiger partial charge in [-0.25, -0.2) is 4.98 Å². The zero-order valence-electron chi connectivity index (χ0n) is 16.9. The molecule has 5 rings (SSSR count). The van der Waals surface area contributed by atoms with Gasteiger partial charge in [0.1, 0.15) is 17.3 Å². The number of rotatable bonds is 5. The fraction of sp³-hybridized carbons (Fsp3) is 0.292. The summed E-state index contributed by atoms with van der Waals surface area (Å²) in [5.74, 6) is 3.00. The summed E-state index contributed by atoms with van der Waals surface area (Å²) in [6, 6.07) is 15.6. The van der Waals surface area contributed by atoms with E-state index in [9.17, 15) is 5.11 Å². The zero-order chi connectivity index (χ0) is 20.5. The predicted octanol–water partition coefficient (Wildman–Crippen LogP) is 5.21. The van der Waals surface area contributed by atoms with E-state index in [-0.39, 0.29) is 12.5 Å². The van der Waals surface area contributed by atoms with Crippen molar-refractivity contribution >= 4 is 5.82 Å². The molecular weight excluding hydrogens is 380 g/mol. The number of para-hydroxylation sites is 1. The minimum absolute atomic E-state index is 0.128. The topological polar surface area (TPSA) is 72.8 Å². The summed E-state index contributed by atoms with van der Waals surface area (Å²) in [5.41, 5.74) is 3.23. The highest BCUT2D eigenvalue weighted by Gasteiger charge is 2.21. The van der Waals surface area contributed by atoms with Gasteiger partial charge in [0, 0.05) is 23.2 Å². The maximum atomic E-state index is 10.6. The van der Waals surface area contributed by atoms with Crippen LogP contribution >= 0.6 is 0 Å². The molecule has 30 heavy (non-hydrogen) atoms. The Kier molecular flexibility index (Phi) is 4.83. The zero-order valence-corrected chi connectivity index (χ0v) is 16.9. The summed E-state index contributed by atoms with van der Waals surface area (Å²) in [6.45, 7) is 0.219. The fourth-order valence-electron chi connectivity index (χ4n) is 4.19. The van der Waals surface area contributed by atoms with E-state index in [0.717, 1.165) is 41.3 Å². The molecule has 154 valence electrons. The predicted molar refractivity (Wildman–Crippen MR) is 115 cm³/mol.